The van der Waals surface area contributed by atoms with Gasteiger partial charge < -0.3 is 5.32 Å². The van der Waals surface area contributed by atoms with E-state index in [1.165, 1.54) is 9.75 Å². The molecule has 1 saturated heterocycles. The average Bonchev–Trinajstić information content (AvgIpc) is 2.73. The van der Waals surface area contributed by atoms with Crippen LogP contribution in [0.5, 0.6) is 0 Å². The molecule has 2 rings (SSSR count). The van der Waals surface area contributed by atoms with E-state index in [-0.39, 0.29) is 11.3 Å². The highest BCUT2D eigenvalue weighted by atomic mass is 32.1. The standard InChI is InChI=1S/C11H15NOS/c1-3-8-4-5-9(14-8)11(2)6-10(13)12-7-11/h4-5H,3,6-7H2,1-2H3,(H,12,13). The molecule has 2 heterocycles. The van der Waals surface area contributed by atoms with Crippen LogP contribution in [0, 0.1) is 0 Å². The van der Waals surface area contributed by atoms with Gasteiger partial charge in [0.1, 0.15) is 0 Å². The molecule has 1 atom stereocenters. The molecule has 0 bridgehead atoms. The lowest BCUT2D eigenvalue weighted by atomic mass is 9.88. The number of amides is 1. The van der Waals surface area contributed by atoms with Crippen molar-refractivity contribution in [3.63, 3.8) is 0 Å². The normalized spacial score (nSPS) is 26.6. The van der Waals surface area contributed by atoms with Gasteiger partial charge in [-0.15, -0.1) is 11.3 Å². The first-order valence-corrected chi connectivity index (χ1v) is 5.81. The summed E-state index contributed by atoms with van der Waals surface area (Å²) in [5, 5.41) is 2.90. The third kappa shape index (κ3) is 1.57. The predicted octanol–water partition coefficient (Wildman–Crippen LogP) is 2.09. The van der Waals surface area contributed by atoms with E-state index in [1.54, 1.807) is 0 Å². The molecule has 0 aromatic carbocycles. The zero-order valence-corrected chi connectivity index (χ0v) is 9.41. The Morgan fingerprint density at radius 1 is 1.57 bits per heavy atom. The summed E-state index contributed by atoms with van der Waals surface area (Å²) in [7, 11) is 0. The van der Waals surface area contributed by atoms with Gasteiger partial charge in [0.25, 0.3) is 0 Å². The van der Waals surface area contributed by atoms with Gasteiger partial charge in [0.05, 0.1) is 0 Å². The summed E-state index contributed by atoms with van der Waals surface area (Å²) < 4.78 is 0. The van der Waals surface area contributed by atoms with Crippen molar-refractivity contribution in [2.75, 3.05) is 6.54 Å². The Hall–Kier alpha value is -0.830. The highest BCUT2D eigenvalue weighted by Crippen LogP contribution is 2.35. The van der Waals surface area contributed by atoms with E-state index in [0.29, 0.717) is 6.42 Å². The first-order valence-electron chi connectivity index (χ1n) is 5.00. The van der Waals surface area contributed by atoms with E-state index in [9.17, 15) is 4.79 Å². The van der Waals surface area contributed by atoms with Gasteiger partial charge in [-0.05, 0) is 18.6 Å². The lowest BCUT2D eigenvalue weighted by Gasteiger charge is -2.18. The Morgan fingerprint density at radius 3 is 2.86 bits per heavy atom. The second kappa shape index (κ2) is 3.39. The van der Waals surface area contributed by atoms with Crippen LogP contribution in [0.3, 0.4) is 0 Å². The minimum Gasteiger partial charge on any atom is -0.355 e. The molecule has 2 nitrogen and oxygen atoms in total. The summed E-state index contributed by atoms with van der Waals surface area (Å²) in [6.45, 7) is 5.11. The Labute approximate surface area is 88.3 Å². The number of nitrogens with one attached hydrogen (secondary N) is 1. The molecule has 14 heavy (non-hydrogen) atoms. The lowest BCUT2D eigenvalue weighted by Crippen LogP contribution is -2.23. The van der Waals surface area contributed by atoms with Crippen LogP contribution in [0.1, 0.15) is 30.0 Å². The molecule has 1 aromatic heterocycles. The van der Waals surface area contributed by atoms with Crippen LogP contribution in [-0.2, 0) is 16.6 Å². The van der Waals surface area contributed by atoms with Crippen molar-refractivity contribution >= 4 is 17.2 Å². The molecule has 0 radical (unpaired) electrons. The first kappa shape index (κ1) is 9.71. The molecule has 1 unspecified atom stereocenters. The molecule has 0 aliphatic carbocycles. The van der Waals surface area contributed by atoms with Gasteiger partial charge in [-0.1, -0.05) is 13.8 Å². The van der Waals surface area contributed by atoms with E-state index in [4.69, 9.17) is 0 Å². The van der Waals surface area contributed by atoms with Gasteiger partial charge >= 0.3 is 0 Å². The molecular formula is C11H15NOS. The largest absolute Gasteiger partial charge is 0.355 e. The molecule has 0 saturated carbocycles. The SMILES string of the molecule is CCc1ccc(C2(C)CNC(=O)C2)s1. The van der Waals surface area contributed by atoms with Crippen molar-refractivity contribution < 1.29 is 4.79 Å². The van der Waals surface area contributed by atoms with E-state index < -0.39 is 0 Å². The van der Waals surface area contributed by atoms with Crippen LogP contribution in [0.15, 0.2) is 12.1 Å². The molecule has 1 aliphatic heterocycles. The number of rotatable bonds is 2. The van der Waals surface area contributed by atoms with Crippen molar-refractivity contribution in [1.82, 2.24) is 5.32 Å². The van der Waals surface area contributed by atoms with Crippen LogP contribution in [0.4, 0.5) is 0 Å². The molecule has 1 amide bonds. The molecule has 1 aromatic rings. The number of hydrogen-bond acceptors (Lipinski definition) is 2. The first-order chi connectivity index (χ1) is 6.64. The molecule has 1 N–H and O–H groups in total. The van der Waals surface area contributed by atoms with Gasteiger partial charge in [0.2, 0.25) is 5.91 Å². The fourth-order valence-corrected chi connectivity index (χ4v) is 2.93. The maximum atomic E-state index is 11.2. The molecular weight excluding hydrogens is 194 g/mol. The maximum Gasteiger partial charge on any atom is 0.221 e. The van der Waals surface area contributed by atoms with Gasteiger partial charge in [-0.3, -0.25) is 4.79 Å². The highest BCUT2D eigenvalue weighted by molar-refractivity contribution is 7.12. The zero-order chi connectivity index (χ0) is 10.2. The summed E-state index contributed by atoms with van der Waals surface area (Å²) >= 11 is 1.84. The molecule has 3 heteroatoms. The zero-order valence-electron chi connectivity index (χ0n) is 8.59. The van der Waals surface area contributed by atoms with Crippen LogP contribution >= 0.6 is 11.3 Å². The Bertz CT molecular complexity index is 358. The highest BCUT2D eigenvalue weighted by Gasteiger charge is 2.36. The Kier molecular flexibility index (Phi) is 2.35. The van der Waals surface area contributed by atoms with Crippen LogP contribution in [0.2, 0.25) is 0 Å². The topological polar surface area (TPSA) is 29.1 Å². The minimum absolute atomic E-state index is 0.0369. The number of carbonyl (C=O) groups is 1. The van der Waals surface area contributed by atoms with Crippen molar-refractivity contribution in [2.45, 2.75) is 32.1 Å². The van der Waals surface area contributed by atoms with Crippen LogP contribution in [0.25, 0.3) is 0 Å². The lowest BCUT2D eigenvalue weighted by molar-refractivity contribution is -0.119. The minimum atomic E-state index is 0.0369. The van der Waals surface area contributed by atoms with E-state index >= 15 is 0 Å². The number of aryl methyl sites for hydroxylation is 1. The summed E-state index contributed by atoms with van der Waals surface area (Å²) in [5.74, 6) is 0.180. The Morgan fingerprint density at radius 2 is 2.36 bits per heavy atom. The van der Waals surface area contributed by atoms with Crippen LogP contribution < -0.4 is 5.32 Å². The summed E-state index contributed by atoms with van der Waals surface area (Å²) in [4.78, 5) is 13.9. The number of thiophene rings is 1. The monoisotopic (exact) mass is 209 g/mol. The molecule has 1 aliphatic rings. The Balaban J connectivity index is 2.25. The smallest absolute Gasteiger partial charge is 0.221 e. The fraction of sp³-hybridized carbons (Fsp3) is 0.545. The van der Waals surface area contributed by atoms with Gasteiger partial charge in [-0.2, -0.15) is 0 Å². The van der Waals surface area contributed by atoms with Crippen LogP contribution in [-0.4, -0.2) is 12.5 Å². The third-order valence-corrected chi connectivity index (χ3v) is 4.37. The molecule has 0 spiro atoms. The molecule has 76 valence electrons. The van der Waals surface area contributed by atoms with E-state index in [2.05, 4.69) is 31.3 Å². The van der Waals surface area contributed by atoms with Crippen molar-refractivity contribution in [2.24, 2.45) is 0 Å². The average molecular weight is 209 g/mol. The van der Waals surface area contributed by atoms with E-state index in [0.717, 1.165) is 13.0 Å². The van der Waals surface area contributed by atoms with Crippen molar-refractivity contribution in [3.8, 4) is 0 Å². The second-order valence-corrected chi connectivity index (χ2v) is 5.30. The molecule has 1 fully saturated rings. The van der Waals surface area contributed by atoms with Crippen molar-refractivity contribution in [1.29, 1.82) is 0 Å². The second-order valence-electron chi connectivity index (χ2n) is 4.13. The third-order valence-electron chi connectivity index (χ3n) is 2.83. The fourth-order valence-electron chi connectivity index (χ4n) is 1.84. The van der Waals surface area contributed by atoms with E-state index in [1.807, 2.05) is 11.3 Å². The van der Waals surface area contributed by atoms with Crippen molar-refractivity contribution in [3.05, 3.63) is 21.9 Å². The summed E-state index contributed by atoms with van der Waals surface area (Å²) in [6.07, 6.45) is 1.72. The summed E-state index contributed by atoms with van der Waals surface area (Å²) in [5.41, 5.74) is 0.0369. The van der Waals surface area contributed by atoms with Gasteiger partial charge in [0, 0.05) is 28.1 Å². The maximum absolute atomic E-state index is 11.2. The van der Waals surface area contributed by atoms with Gasteiger partial charge in [0.15, 0.2) is 0 Å². The quantitative estimate of drug-likeness (QED) is 0.794. The number of carbonyl (C=O) groups excluding carboxylic acids is 1. The van der Waals surface area contributed by atoms with Gasteiger partial charge in [-0.25, -0.2) is 0 Å². The number of hydrogen-bond donors (Lipinski definition) is 1. The predicted molar refractivity (Wildman–Crippen MR) is 58.7 cm³/mol. The summed E-state index contributed by atoms with van der Waals surface area (Å²) in [6, 6.07) is 4.35.